The summed E-state index contributed by atoms with van der Waals surface area (Å²) in [6, 6.07) is 9.54. The highest BCUT2D eigenvalue weighted by Crippen LogP contribution is 2.02. The van der Waals surface area contributed by atoms with E-state index in [1.165, 1.54) is 0 Å². The van der Waals surface area contributed by atoms with Crippen LogP contribution in [-0.4, -0.2) is 17.3 Å². The van der Waals surface area contributed by atoms with E-state index < -0.39 is 0 Å². The molecular formula is C12H16BrNO. The molecule has 1 rings (SSSR count). The number of nitrogens with one attached hydrogen (secondary N) is 1. The minimum absolute atomic E-state index is 0.0117. The van der Waals surface area contributed by atoms with Crippen LogP contribution in [0.1, 0.15) is 30.1 Å². The van der Waals surface area contributed by atoms with Crippen molar-refractivity contribution in [2.24, 2.45) is 0 Å². The highest BCUT2D eigenvalue weighted by Gasteiger charge is 2.08. The minimum atomic E-state index is 0.0117. The topological polar surface area (TPSA) is 29.1 Å². The van der Waals surface area contributed by atoms with Crippen molar-refractivity contribution in [2.75, 3.05) is 5.33 Å². The molecule has 1 aromatic carbocycles. The van der Waals surface area contributed by atoms with Crippen molar-refractivity contribution in [3.05, 3.63) is 35.9 Å². The third-order valence-electron chi connectivity index (χ3n) is 2.18. The molecule has 0 bridgehead atoms. The van der Waals surface area contributed by atoms with Gasteiger partial charge in [-0.1, -0.05) is 34.1 Å². The second kappa shape index (κ2) is 6.62. The second-order valence-electron chi connectivity index (χ2n) is 3.57. The van der Waals surface area contributed by atoms with Gasteiger partial charge < -0.3 is 5.32 Å². The monoisotopic (exact) mass is 269 g/mol. The van der Waals surface area contributed by atoms with Crippen LogP contribution in [0.4, 0.5) is 0 Å². The third kappa shape index (κ3) is 4.47. The lowest BCUT2D eigenvalue weighted by molar-refractivity contribution is 0.0938. The number of rotatable bonds is 5. The van der Waals surface area contributed by atoms with E-state index in [0.29, 0.717) is 0 Å². The summed E-state index contributed by atoms with van der Waals surface area (Å²) in [6.07, 6.45) is 2.08. The second-order valence-corrected chi connectivity index (χ2v) is 4.36. The molecule has 1 unspecified atom stereocenters. The van der Waals surface area contributed by atoms with Crippen molar-refractivity contribution in [3.63, 3.8) is 0 Å². The average molecular weight is 270 g/mol. The normalized spacial score (nSPS) is 12.1. The van der Waals surface area contributed by atoms with Crippen LogP contribution in [0.5, 0.6) is 0 Å². The number of hydrogen-bond acceptors (Lipinski definition) is 1. The first-order chi connectivity index (χ1) is 7.24. The van der Waals surface area contributed by atoms with Gasteiger partial charge in [-0.15, -0.1) is 0 Å². The Kier molecular flexibility index (Phi) is 5.40. The Balaban J connectivity index is 2.42. The molecule has 0 aliphatic heterocycles. The molecule has 15 heavy (non-hydrogen) atoms. The maximum absolute atomic E-state index is 11.7. The molecule has 0 aliphatic rings. The molecule has 0 heterocycles. The molecule has 0 radical (unpaired) electrons. The van der Waals surface area contributed by atoms with E-state index in [0.717, 1.165) is 23.7 Å². The molecule has 1 aromatic rings. The Labute approximate surface area is 99.2 Å². The van der Waals surface area contributed by atoms with Crippen molar-refractivity contribution >= 4 is 21.8 Å². The molecule has 1 atom stereocenters. The summed E-state index contributed by atoms with van der Waals surface area (Å²) in [7, 11) is 0. The zero-order valence-corrected chi connectivity index (χ0v) is 10.5. The molecule has 0 fully saturated rings. The molecule has 3 heteroatoms. The van der Waals surface area contributed by atoms with Crippen LogP contribution in [0.3, 0.4) is 0 Å². The molecule has 1 N–H and O–H groups in total. The maximum Gasteiger partial charge on any atom is 0.251 e. The molecule has 0 saturated carbocycles. The summed E-state index contributed by atoms with van der Waals surface area (Å²) in [5, 5.41) is 3.96. The zero-order valence-electron chi connectivity index (χ0n) is 8.87. The van der Waals surface area contributed by atoms with E-state index in [1.807, 2.05) is 37.3 Å². The fourth-order valence-electron chi connectivity index (χ4n) is 1.35. The summed E-state index contributed by atoms with van der Waals surface area (Å²) in [4.78, 5) is 11.7. The number of benzene rings is 1. The Morgan fingerprint density at radius 2 is 2.07 bits per heavy atom. The van der Waals surface area contributed by atoms with Crippen molar-refractivity contribution in [3.8, 4) is 0 Å². The summed E-state index contributed by atoms with van der Waals surface area (Å²) in [5.74, 6) is 0.0117. The van der Waals surface area contributed by atoms with Crippen LogP contribution >= 0.6 is 15.9 Å². The van der Waals surface area contributed by atoms with Gasteiger partial charge in [0.25, 0.3) is 5.91 Å². The minimum Gasteiger partial charge on any atom is -0.350 e. The lowest BCUT2D eigenvalue weighted by Crippen LogP contribution is -2.32. The summed E-state index contributed by atoms with van der Waals surface area (Å²) in [5.41, 5.74) is 0.725. The van der Waals surface area contributed by atoms with E-state index in [4.69, 9.17) is 0 Å². The first-order valence-corrected chi connectivity index (χ1v) is 6.28. The zero-order chi connectivity index (χ0) is 11.1. The van der Waals surface area contributed by atoms with Crippen molar-refractivity contribution in [1.82, 2.24) is 5.32 Å². The van der Waals surface area contributed by atoms with Gasteiger partial charge >= 0.3 is 0 Å². The summed E-state index contributed by atoms with van der Waals surface area (Å²) >= 11 is 3.38. The van der Waals surface area contributed by atoms with Crippen LogP contribution in [-0.2, 0) is 0 Å². The lowest BCUT2D eigenvalue weighted by Gasteiger charge is -2.12. The molecular weight excluding hydrogens is 254 g/mol. The van der Waals surface area contributed by atoms with E-state index in [2.05, 4.69) is 21.2 Å². The van der Waals surface area contributed by atoms with Gasteiger partial charge in [-0.3, -0.25) is 4.79 Å². The first kappa shape index (κ1) is 12.2. The van der Waals surface area contributed by atoms with Crippen molar-refractivity contribution in [2.45, 2.75) is 25.8 Å². The number of carbonyl (C=O) groups is 1. The van der Waals surface area contributed by atoms with E-state index >= 15 is 0 Å². The highest BCUT2D eigenvalue weighted by atomic mass is 79.9. The third-order valence-corrected chi connectivity index (χ3v) is 2.74. The van der Waals surface area contributed by atoms with Crippen molar-refractivity contribution < 1.29 is 4.79 Å². The largest absolute Gasteiger partial charge is 0.350 e. The Morgan fingerprint density at radius 1 is 1.40 bits per heavy atom. The first-order valence-electron chi connectivity index (χ1n) is 5.16. The van der Waals surface area contributed by atoms with Gasteiger partial charge in [0.15, 0.2) is 0 Å². The quantitative estimate of drug-likeness (QED) is 0.819. The Morgan fingerprint density at radius 3 is 2.67 bits per heavy atom. The number of alkyl halides is 1. The number of amides is 1. The van der Waals surface area contributed by atoms with Crippen LogP contribution < -0.4 is 5.32 Å². The van der Waals surface area contributed by atoms with Crippen molar-refractivity contribution in [1.29, 1.82) is 0 Å². The number of hydrogen-bond donors (Lipinski definition) is 1. The molecule has 1 amide bonds. The van der Waals surface area contributed by atoms with Gasteiger partial charge in [-0.05, 0) is 31.9 Å². The fourth-order valence-corrected chi connectivity index (χ4v) is 1.68. The summed E-state index contributed by atoms with van der Waals surface area (Å²) < 4.78 is 0. The van der Waals surface area contributed by atoms with Crippen LogP contribution in [0, 0.1) is 0 Å². The Bertz CT molecular complexity index is 300. The summed E-state index contributed by atoms with van der Waals surface area (Å²) in [6.45, 7) is 2.03. The fraction of sp³-hybridized carbons (Fsp3) is 0.417. The van der Waals surface area contributed by atoms with Crippen LogP contribution in [0.2, 0.25) is 0 Å². The molecule has 0 aromatic heterocycles. The van der Waals surface area contributed by atoms with Crippen LogP contribution in [0.15, 0.2) is 30.3 Å². The number of halogens is 1. The molecule has 0 spiro atoms. The standard InChI is InChI=1S/C12H16BrNO/c1-10(6-5-9-13)14-12(15)11-7-3-2-4-8-11/h2-4,7-8,10H,5-6,9H2,1H3,(H,14,15). The molecule has 0 aliphatic carbocycles. The molecule has 82 valence electrons. The van der Waals surface area contributed by atoms with Gasteiger partial charge in [0.05, 0.1) is 0 Å². The van der Waals surface area contributed by atoms with Gasteiger partial charge in [-0.25, -0.2) is 0 Å². The number of carbonyl (C=O) groups excluding carboxylic acids is 1. The van der Waals surface area contributed by atoms with E-state index in [-0.39, 0.29) is 11.9 Å². The predicted octanol–water partition coefficient (Wildman–Crippen LogP) is 2.98. The van der Waals surface area contributed by atoms with Gasteiger partial charge in [-0.2, -0.15) is 0 Å². The predicted molar refractivity (Wildman–Crippen MR) is 66.4 cm³/mol. The SMILES string of the molecule is CC(CCCBr)NC(=O)c1ccccc1. The van der Waals surface area contributed by atoms with E-state index in [9.17, 15) is 4.79 Å². The highest BCUT2D eigenvalue weighted by molar-refractivity contribution is 9.09. The average Bonchev–Trinajstić information content (AvgIpc) is 2.27. The Hall–Kier alpha value is -0.830. The van der Waals surface area contributed by atoms with Gasteiger partial charge in [0.1, 0.15) is 0 Å². The molecule has 2 nitrogen and oxygen atoms in total. The smallest absolute Gasteiger partial charge is 0.251 e. The van der Waals surface area contributed by atoms with E-state index in [1.54, 1.807) is 0 Å². The maximum atomic E-state index is 11.7. The molecule has 0 saturated heterocycles. The van der Waals surface area contributed by atoms with Gasteiger partial charge in [0, 0.05) is 16.9 Å². The van der Waals surface area contributed by atoms with Gasteiger partial charge in [0.2, 0.25) is 0 Å². The van der Waals surface area contributed by atoms with Crippen LogP contribution in [0.25, 0.3) is 0 Å². The lowest BCUT2D eigenvalue weighted by atomic mass is 10.1.